The fourth-order valence-electron chi connectivity index (χ4n) is 3.74. The molecule has 6 heteroatoms. The van der Waals surface area contributed by atoms with Crippen LogP contribution < -0.4 is 5.32 Å². The highest BCUT2D eigenvalue weighted by atomic mass is 16.2. The predicted molar refractivity (Wildman–Crippen MR) is 123 cm³/mol. The Kier molecular flexibility index (Phi) is 6.55. The number of carbonyl (C=O) groups excluding carboxylic acids is 2. The minimum absolute atomic E-state index is 0.223. The number of aryl methyl sites for hydroxylation is 1. The van der Waals surface area contributed by atoms with Gasteiger partial charge < -0.3 is 19.8 Å². The third-order valence-corrected chi connectivity index (χ3v) is 5.11. The Morgan fingerprint density at radius 3 is 2.58 bits per heavy atom. The average molecular weight is 419 g/mol. The van der Waals surface area contributed by atoms with E-state index in [1.165, 1.54) is 0 Å². The van der Waals surface area contributed by atoms with Crippen LogP contribution in [0.3, 0.4) is 0 Å². The zero-order valence-corrected chi connectivity index (χ0v) is 18.8. The van der Waals surface area contributed by atoms with E-state index in [-0.39, 0.29) is 11.8 Å². The Balaban J connectivity index is 1.98. The number of carbonyl (C=O) groups is 2. The third-order valence-electron chi connectivity index (χ3n) is 5.11. The van der Waals surface area contributed by atoms with Gasteiger partial charge in [-0.2, -0.15) is 0 Å². The molecule has 2 aromatic heterocycles. The van der Waals surface area contributed by atoms with Crippen LogP contribution in [0.2, 0.25) is 0 Å². The summed E-state index contributed by atoms with van der Waals surface area (Å²) in [5.74, 6) is 4.73. The van der Waals surface area contributed by atoms with E-state index in [2.05, 4.69) is 28.2 Å². The molecule has 0 saturated heterocycles. The molecular formula is C25H30N4O2. The van der Waals surface area contributed by atoms with Gasteiger partial charge in [-0.25, -0.2) is 0 Å². The van der Waals surface area contributed by atoms with Gasteiger partial charge in [-0.15, -0.1) is 0 Å². The summed E-state index contributed by atoms with van der Waals surface area (Å²) in [6, 6.07) is 11.0. The van der Waals surface area contributed by atoms with Gasteiger partial charge in [0.05, 0.1) is 0 Å². The van der Waals surface area contributed by atoms with Crippen LogP contribution >= 0.6 is 0 Å². The Labute approximate surface area is 183 Å². The van der Waals surface area contributed by atoms with Crippen LogP contribution in [-0.4, -0.2) is 38.3 Å². The molecule has 2 heterocycles. The molecule has 0 radical (unpaired) electrons. The second-order valence-electron chi connectivity index (χ2n) is 8.67. The number of hydrogen-bond acceptors (Lipinski definition) is 2. The maximum absolute atomic E-state index is 13.4. The van der Waals surface area contributed by atoms with Gasteiger partial charge >= 0.3 is 0 Å². The van der Waals surface area contributed by atoms with Crippen LogP contribution in [0.4, 0.5) is 0 Å². The normalized spacial score (nSPS) is 12.2. The molecule has 2 N–H and O–H groups in total. The third kappa shape index (κ3) is 5.18. The van der Waals surface area contributed by atoms with Crippen molar-refractivity contribution < 1.29 is 9.59 Å². The molecular weight excluding hydrogens is 388 g/mol. The molecule has 6 nitrogen and oxygen atoms in total. The number of para-hydroxylation sites is 1. The number of hydrogen-bond donors (Lipinski definition) is 2. The standard InChI is InChI=1S/C25H30N4O2/c1-6-10-22(30)29(16-14-18-17-26-20-12-8-7-11-19(18)20)23(21-13-9-15-28(21)5)24(31)27-25(2,3)4/h7-9,11-13,15,17,23,26H,14,16H2,1-5H3,(H,27,31). The summed E-state index contributed by atoms with van der Waals surface area (Å²) in [7, 11) is 1.88. The lowest BCUT2D eigenvalue weighted by molar-refractivity contribution is -0.138. The van der Waals surface area contributed by atoms with Gasteiger partial charge in [-0.3, -0.25) is 9.59 Å². The van der Waals surface area contributed by atoms with Crippen LogP contribution in [0.5, 0.6) is 0 Å². The van der Waals surface area contributed by atoms with E-state index in [1.54, 1.807) is 11.8 Å². The molecule has 1 unspecified atom stereocenters. The molecule has 0 spiro atoms. The summed E-state index contributed by atoms with van der Waals surface area (Å²) in [6.45, 7) is 7.77. The number of H-pyrrole nitrogens is 1. The Bertz CT molecular complexity index is 1140. The van der Waals surface area contributed by atoms with Crippen molar-refractivity contribution in [3.05, 3.63) is 60.0 Å². The highest BCUT2D eigenvalue weighted by Crippen LogP contribution is 2.25. The molecule has 3 rings (SSSR count). The lowest BCUT2D eigenvalue weighted by Crippen LogP contribution is -2.50. The van der Waals surface area contributed by atoms with Crippen molar-refractivity contribution in [3.63, 3.8) is 0 Å². The second kappa shape index (κ2) is 9.13. The zero-order valence-electron chi connectivity index (χ0n) is 18.8. The van der Waals surface area contributed by atoms with Crippen LogP contribution in [0.25, 0.3) is 10.9 Å². The first-order valence-corrected chi connectivity index (χ1v) is 10.4. The highest BCUT2D eigenvalue weighted by molar-refractivity contribution is 5.97. The topological polar surface area (TPSA) is 70.1 Å². The number of aromatic amines is 1. The van der Waals surface area contributed by atoms with Gasteiger partial charge in [-0.1, -0.05) is 24.1 Å². The van der Waals surface area contributed by atoms with Gasteiger partial charge in [0.25, 0.3) is 5.91 Å². The van der Waals surface area contributed by atoms with Crippen molar-refractivity contribution in [1.82, 2.24) is 19.8 Å². The van der Waals surface area contributed by atoms with E-state index >= 15 is 0 Å². The van der Waals surface area contributed by atoms with E-state index in [9.17, 15) is 9.59 Å². The first kappa shape index (κ1) is 22.2. The van der Waals surface area contributed by atoms with E-state index in [0.717, 1.165) is 22.2 Å². The van der Waals surface area contributed by atoms with E-state index in [4.69, 9.17) is 0 Å². The molecule has 0 aliphatic rings. The number of fused-ring (bicyclic) bond motifs is 1. The molecule has 0 aliphatic heterocycles. The number of benzene rings is 1. The van der Waals surface area contributed by atoms with E-state index in [1.807, 2.05) is 75.1 Å². The molecule has 1 atom stereocenters. The summed E-state index contributed by atoms with van der Waals surface area (Å²) in [5, 5.41) is 4.15. The SMILES string of the molecule is CC#CC(=O)N(CCc1c[nH]c2ccccc12)C(C(=O)NC(C)(C)C)c1cccn1C. The van der Waals surface area contributed by atoms with Crippen molar-refractivity contribution in [2.45, 2.75) is 45.7 Å². The molecule has 0 bridgehead atoms. The van der Waals surface area contributed by atoms with Crippen LogP contribution in [0.15, 0.2) is 48.8 Å². The van der Waals surface area contributed by atoms with Gasteiger partial charge in [0.2, 0.25) is 5.91 Å². The summed E-state index contributed by atoms with van der Waals surface area (Å²) >= 11 is 0. The van der Waals surface area contributed by atoms with Crippen molar-refractivity contribution >= 4 is 22.7 Å². The van der Waals surface area contributed by atoms with Crippen molar-refractivity contribution in [1.29, 1.82) is 0 Å². The Morgan fingerprint density at radius 2 is 1.94 bits per heavy atom. The Morgan fingerprint density at radius 1 is 1.19 bits per heavy atom. The quantitative estimate of drug-likeness (QED) is 0.601. The molecule has 0 fully saturated rings. The van der Waals surface area contributed by atoms with Crippen LogP contribution in [0.1, 0.15) is 45.0 Å². The molecule has 1 aromatic carbocycles. The van der Waals surface area contributed by atoms with Gasteiger partial charge in [0.15, 0.2) is 6.04 Å². The fourth-order valence-corrected chi connectivity index (χ4v) is 3.74. The minimum atomic E-state index is -0.780. The Hall–Kier alpha value is -3.46. The van der Waals surface area contributed by atoms with Gasteiger partial charge in [-0.05, 0) is 63.8 Å². The zero-order chi connectivity index (χ0) is 22.6. The van der Waals surface area contributed by atoms with E-state index in [0.29, 0.717) is 13.0 Å². The number of nitrogens with zero attached hydrogens (tertiary/aromatic N) is 2. The smallest absolute Gasteiger partial charge is 0.299 e. The minimum Gasteiger partial charge on any atom is -0.361 e. The van der Waals surface area contributed by atoms with Gasteiger partial charge in [0.1, 0.15) is 0 Å². The second-order valence-corrected chi connectivity index (χ2v) is 8.67. The molecule has 2 amide bonds. The summed E-state index contributed by atoms with van der Waals surface area (Å²) in [6.07, 6.45) is 4.44. The molecule has 162 valence electrons. The lowest BCUT2D eigenvalue weighted by atomic mass is 10.0. The van der Waals surface area contributed by atoms with Crippen molar-refractivity contribution in [2.75, 3.05) is 6.54 Å². The van der Waals surface area contributed by atoms with Crippen molar-refractivity contribution in [2.24, 2.45) is 7.05 Å². The number of aromatic nitrogens is 2. The number of amides is 2. The van der Waals surface area contributed by atoms with Crippen LogP contribution in [-0.2, 0) is 23.1 Å². The average Bonchev–Trinajstić information content (AvgIpc) is 3.30. The first-order valence-electron chi connectivity index (χ1n) is 10.4. The predicted octanol–water partition coefficient (Wildman–Crippen LogP) is 3.56. The molecule has 31 heavy (non-hydrogen) atoms. The van der Waals surface area contributed by atoms with E-state index < -0.39 is 11.6 Å². The largest absolute Gasteiger partial charge is 0.361 e. The highest BCUT2D eigenvalue weighted by Gasteiger charge is 2.34. The molecule has 0 saturated carbocycles. The monoisotopic (exact) mass is 418 g/mol. The molecule has 0 aliphatic carbocycles. The molecule has 3 aromatic rings. The number of nitrogens with one attached hydrogen (secondary N) is 2. The summed E-state index contributed by atoms with van der Waals surface area (Å²) in [5.41, 5.74) is 2.46. The maximum Gasteiger partial charge on any atom is 0.299 e. The van der Waals surface area contributed by atoms with Crippen LogP contribution in [0, 0.1) is 11.8 Å². The maximum atomic E-state index is 13.4. The fraction of sp³-hybridized carbons (Fsp3) is 0.360. The summed E-state index contributed by atoms with van der Waals surface area (Å²) < 4.78 is 1.87. The summed E-state index contributed by atoms with van der Waals surface area (Å²) in [4.78, 5) is 31.2. The van der Waals surface area contributed by atoms with Crippen molar-refractivity contribution in [3.8, 4) is 11.8 Å². The number of rotatable bonds is 6. The first-order chi connectivity index (χ1) is 14.7. The lowest BCUT2D eigenvalue weighted by Gasteiger charge is -2.32. The van der Waals surface area contributed by atoms with Gasteiger partial charge in [0, 0.05) is 48.1 Å².